The number of carbonyl (C=O) groups excluding carboxylic acids is 1. The van der Waals surface area contributed by atoms with Crippen molar-refractivity contribution in [3.8, 4) is 0 Å². The Morgan fingerprint density at radius 2 is 1.94 bits per heavy atom. The Bertz CT molecular complexity index is 363. The molecule has 0 bridgehead atoms. The Labute approximate surface area is 93.8 Å². The van der Waals surface area contributed by atoms with Gasteiger partial charge < -0.3 is 9.84 Å². The largest absolute Gasteiger partial charge is 0.480 e. The van der Waals surface area contributed by atoms with Crippen LogP contribution in [0.1, 0.15) is 20.3 Å². The second-order valence-corrected chi connectivity index (χ2v) is 5.16. The van der Waals surface area contributed by atoms with E-state index in [9.17, 15) is 18.0 Å². The zero-order valence-corrected chi connectivity index (χ0v) is 10.1. The van der Waals surface area contributed by atoms with Gasteiger partial charge in [-0.2, -0.15) is 0 Å². The van der Waals surface area contributed by atoms with E-state index < -0.39 is 33.3 Å². The van der Waals surface area contributed by atoms with E-state index in [0.29, 0.717) is 0 Å². The molecule has 0 aromatic carbocycles. The maximum atomic E-state index is 11.5. The zero-order chi connectivity index (χ0) is 12.9. The van der Waals surface area contributed by atoms with Gasteiger partial charge in [0.05, 0.1) is 7.11 Å². The number of rotatable bonds is 6. The molecule has 8 heteroatoms. The summed E-state index contributed by atoms with van der Waals surface area (Å²) in [6.07, 6.45) is 0.0858. The van der Waals surface area contributed by atoms with E-state index in [0.717, 1.165) is 14.0 Å². The molecule has 0 saturated heterocycles. The molecule has 0 saturated carbocycles. The van der Waals surface area contributed by atoms with Crippen LogP contribution in [0.3, 0.4) is 0 Å². The number of hydrogen-bond acceptors (Lipinski definition) is 5. The van der Waals surface area contributed by atoms with Gasteiger partial charge in [-0.3, -0.25) is 9.59 Å². The fraction of sp³-hybridized carbons (Fsp3) is 0.750. The smallest absolute Gasteiger partial charge is 0.325 e. The number of esters is 1. The topological polar surface area (TPSA) is 110 Å². The predicted molar refractivity (Wildman–Crippen MR) is 55.2 cm³/mol. The summed E-state index contributed by atoms with van der Waals surface area (Å²) < 4.78 is 29.3. The van der Waals surface area contributed by atoms with Crippen molar-refractivity contribution in [2.45, 2.75) is 31.6 Å². The molecule has 0 aliphatic heterocycles. The first-order valence-electron chi connectivity index (χ1n) is 4.58. The van der Waals surface area contributed by atoms with Crippen molar-refractivity contribution < 1.29 is 27.9 Å². The van der Waals surface area contributed by atoms with Crippen molar-refractivity contribution in [2.24, 2.45) is 0 Å². The van der Waals surface area contributed by atoms with Crippen LogP contribution >= 0.6 is 0 Å². The molecule has 0 heterocycles. The average Bonchev–Trinajstić information content (AvgIpc) is 2.23. The van der Waals surface area contributed by atoms with E-state index >= 15 is 0 Å². The maximum Gasteiger partial charge on any atom is 0.325 e. The first kappa shape index (κ1) is 14.8. The molecule has 94 valence electrons. The lowest BCUT2D eigenvalue weighted by Crippen LogP contribution is -2.46. The van der Waals surface area contributed by atoms with Crippen molar-refractivity contribution in [3.63, 3.8) is 0 Å². The normalized spacial score (nSPS) is 15.2. The first-order chi connectivity index (χ1) is 7.26. The number of ether oxygens (including phenoxy) is 1. The Morgan fingerprint density at radius 3 is 2.25 bits per heavy atom. The van der Waals surface area contributed by atoms with E-state index in [2.05, 4.69) is 4.74 Å². The van der Waals surface area contributed by atoms with Gasteiger partial charge in [-0.1, -0.05) is 6.92 Å². The minimum Gasteiger partial charge on any atom is -0.480 e. The van der Waals surface area contributed by atoms with Crippen molar-refractivity contribution in [2.75, 3.05) is 7.11 Å². The summed E-state index contributed by atoms with van der Waals surface area (Å²) in [7, 11) is -2.97. The van der Waals surface area contributed by atoms with Crippen molar-refractivity contribution in [1.29, 1.82) is 0 Å². The van der Waals surface area contributed by atoms with Crippen LogP contribution in [0.5, 0.6) is 0 Å². The fourth-order valence-electron chi connectivity index (χ4n) is 0.901. The van der Waals surface area contributed by atoms with E-state index in [1.165, 1.54) is 6.92 Å². The van der Waals surface area contributed by atoms with Crippen LogP contribution in [0.4, 0.5) is 0 Å². The van der Waals surface area contributed by atoms with Gasteiger partial charge in [-0.25, -0.2) is 13.1 Å². The third-order valence-corrected chi connectivity index (χ3v) is 3.75. The van der Waals surface area contributed by atoms with Gasteiger partial charge >= 0.3 is 11.9 Å². The summed E-state index contributed by atoms with van der Waals surface area (Å²) >= 11 is 0. The standard InChI is InChI=1S/C8H15NO6S/c1-4-6(7(10)11)9-16(13,14)5(2)8(12)15-3/h5-6,9H,4H2,1-3H3,(H,10,11)/t5?,6-/m1/s1. The molecule has 2 atom stereocenters. The van der Waals surface area contributed by atoms with E-state index in [-0.39, 0.29) is 6.42 Å². The summed E-state index contributed by atoms with van der Waals surface area (Å²) in [4.78, 5) is 21.6. The number of carboxylic acids is 1. The highest BCUT2D eigenvalue weighted by molar-refractivity contribution is 7.90. The number of carboxylic acid groups (broad SMARTS) is 1. The molecule has 1 unspecified atom stereocenters. The number of methoxy groups -OCH3 is 1. The molecule has 0 aliphatic carbocycles. The fourth-order valence-corrected chi connectivity index (χ4v) is 2.12. The number of nitrogens with one attached hydrogen (secondary N) is 1. The summed E-state index contributed by atoms with van der Waals surface area (Å²) in [6.45, 7) is 2.65. The first-order valence-corrected chi connectivity index (χ1v) is 6.12. The molecule has 0 spiro atoms. The Hall–Kier alpha value is -1.15. The number of hydrogen-bond donors (Lipinski definition) is 2. The molecule has 2 N–H and O–H groups in total. The van der Waals surface area contributed by atoms with Crippen LogP contribution in [0, 0.1) is 0 Å². The van der Waals surface area contributed by atoms with Crippen LogP contribution in [0.2, 0.25) is 0 Å². The van der Waals surface area contributed by atoms with Crippen LogP contribution in [0.25, 0.3) is 0 Å². The van der Waals surface area contributed by atoms with Crippen LogP contribution in [-0.2, 0) is 24.3 Å². The SMILES string of the molecule is CC[C@@H](NS(=O)(=O)C(C)C(=O)OC)C(=O)O. The molecule has 0 aromatic heterocycles. The summed E-state index contributed by atoms with van der Waals surface area (Å²) in [5.74, 6) is -2.23. The maximum absolute atomic E-state index is 11.5. The highest BCUT2D eigenvalue weighted by atomic mass is 32.2. The van der Waals surface area contributed by atoms with Gasteiger partial charge in [0.2, 0.25) is 10.0 Å². The zero-order valence-electron chi connectivity index (χ0n) is 9.26. The third-order valence-electron chi connectivity index (χ3n) is 2.01. The number of carbonyl (C=O) groups is 2. The van der Waals surface area contributed by atoms with E-state index in [1.807, 2.05) is 4.72 Å². The third kappa shape index (κ3) is 3.78. The van der Waals surface area contributed by atoms with Gasteiger partial charge in [0.1, 0.15) is 6.04 Å². The quantitative estimate of drug-likeness (QED) is 0.607. The lowest BCUT2D eigenvalue weighted by molar-refractivity contribution is -0.140. The lowest BCUT2D eigenvalue weighted by atomic mass is 10.2. The summed E-state index contributed by atoms with van der Waals surface area (Å²) in [5.41, 5.74) is 0. The highest BCUT2D eigenvalue weighted by Crippen LogP contribution is 2.04. The second kappa shape index (κ2) is 5.80. The molecule has 0 aromatic rings. The van der Waals surface area contributed by atoms with Gasteiger partial charge in [0.15, 0.2) is 5.25 Å². The molecule has 0 amide bonds. The second-order valence-electron chi connectivity index (χ2n) is 3.13. The van der Waals surface area contributed by atoms with Crippen LogP contribution < -0.4 is 4.72 Å². The Kier molecular flexibility index (Phi) is 5.39. The monoisotopic (exact) mass is 253 g/mol. The predicted octanol–water partition coefficient (Wildman–Crippen LogP) is -0.669. The minimum absolute atomic E-state index is 0.0858. The molecule has 0 aliphatic rings. The average molecular weight is 253 g/mol. The van der Waals surface area contributed by atoms with Crippen LogP contribution in [0.15, 0.2) is 0 Å². The number of sulfonamides is 1. The molecular formula is C8H15NO6S. The van der Waals surface area contributed by atoms with E-state index in [4.69, 9.17) is 5.11 Å². The molecule has 16 heavy (non-hydrogen) atoms. The summed E-state index contributed by atoms with van der Waals surface area (Å²) in [5, 5.41) is 7.23. The van der Waals surface area contributed by atoms with Gasteiger partial charge in [0.25, 0.3) is 0 Å². The van der Waals surface area contributed by atoms with Crippen molar-refractivity contribution in [1.82, 2.24) is 4.72 Å². The molecule has 0 rings (SSSR count). The minimum atomic E-state index is -4.03. The molecule has 0 radical (unpaired) electrons. The molecule has 0 fully saturated rings. The van der Waals surface area contributed by atoms with Gasteiger partial charge in [-0.05, 0) is 13.3 Å². The van der Waals surface area contributed by atoms with Gasteiger partial charge in [-0.15, -0.1) is 0 Å². The summed E-state index contributed by atoms with van der Waals surface area (Å²) in [6, 6.07) is -1.24. The van der Waals surface area contributed by atoms with E-state index in [1.54, 1.807) is 0 Å². The Morgan fingerprint density at radius 1 is 1.44 bits per heavy atom. The van der Waals surface area contributed by atoms with Crippen LogP contribution in [-0.4, -0.2) is 43.9 Å². The molecule has 7 nitrogen and oxygen atoms in total. The van der Waals surface area contributed by atoms with Crippen molar-refractivity contribution >= 4 is 22.0 Å². The lowest BCUT2D eigenvalue weighted by Gasteiger charge is -2.15. The highest BCUT2D eigenvalue weighted by Gasteiger charge is 2.32. The van der Waals surface area contributed by atoms with Crippen molar-refractivity contribution in [3.05, 3.63) is 0 Å². The Balaban J connectivity index is 4.81. The molecular weight excluding hydrogens is 238 g/mol. The number of aliphatic carboxylic acids is 1. The van der Waals surface area contributed by atoms with Gasteiger partial charge in [0, 0.05) is 0 Å².